The Hall–Kier alpha value is -1.56. The van der Waals surface area contributed by atoms with Crippen LogP contribution in [0.5, 0.6) is 5.75 Å². The van der Waals surface area contributed by atoms with Crippen LogP contribution in [-0.4, -0.2) is 38.1 Å². The van der Waals surface area contributed by atoms with E-state index in [1.165, 1.54) is 4.88 Å². The van der Waals surface area contributed by atoms with Gasteiger partial charge in [0.1, 0.15) is 5.75 Å². The van der Waals surface area contributed by atoms with Gasteiger partial charge in [-0.3, -0.25) is 4.79 Å². The maximum Gasteiger partial charge on any atom is 0.258 e. The molecule has 1 heterocycles. The molecule has 4 nitrogen and oxygen atoms in total. The van der Waals surface area contributed by atoms with Crippen molar-refractivity contribution in [1.82, 2.24) is 10.2 Å². The number of thiophene rings is 1. The normalized spacial score (nSPS) is 12.2. The Morgan fingerprint density at radius 1 is 1.39 bits per heavy atom. The number of carbonyl (C=O) groups is 1. The number of nitrogens with one attached hydrogen (secondary N) is 1. The van der Waals surface area contributed by atoms with E-state index in [-0.39, 0.29) is 18.6 Å². The van der Waals surface area contributed by atoms with Crippen LogP contribution in [-0.2, 0) is 4.79 Å². The average molecular weight is 353 g/mol. The van der Waals surface area contributed by atoms with Gasteiger partial charge in [0.05, 0.1) is 6.04 Å². The molecule has 0 spiro atoms. The van der Waals surface area contributed by atoms with Crippen LogP contribution < -0.4 is 10.1 Å². The van der Waals surface area contributed by atoms with Crippen LogP contribution in [0.15, 0.2) is 35.7 Å². The zero-order valence-electron chi connectivity index (χ0n) is 13.5. The number of carbonyl (C=O) groups excluding carboxylic acids is 1. The molecule has 0 saturated heterocycles. The fourth-order valence-electron chi connectivity index (χ4n) is 2.20. The van der Waals surface area contributed by atoms with Crippen LogP contribution in [0, 0.1) is 6.92 Å². The van der Waals surface area contributed by atoms with Crippen molar-refractivity contribution in [2.45, 2.75) is 13.0 Å². The number of rotatable bonds is 7. The van der Waals surface area contributed by atoms with E-state index in [0.717, 1.165) is 5.56 Å². The van der Waals surface area contributed by atoms with E-state index < -0.39 is 0 Å². The van der Waals surface area contributed by atoms with Crippen LogP contribution >= 0.6 is 22.9 Å². The quantitative estimate of drug-likeness (QED) is 0.829. The first kappa shape index (κ1) is 17.8. The van der Waals surface area contributed by atoms with Crippen LogP contribution in [0.25, 0.3) is 0 Å². The van der Waals surface area contributed by atoms with E-state index in [1.807, 2.05) is 38.5 Å². The lowest BCUT2D eigenvalue weighted by Crippen LogP contribution is -2.36. The Kier molecular flexibility index (Phi) is 6.45. The maximum absolute atomic E-state index is 12.0. The molecule has 0 fully saturated rings. The van der Waals surface area contributed by atoms with E-state index in [1.54, 1.807) is 23.5 Å². The van der Waals surface area contributed by atoms with Crippen LogP contribution in [0.3, 0.4) is 0 Å². The standard InChI is InChI=1S/C17H21ClN2O2S/c1-12-9-13(18)6-7-15(12)22-11-17(21)19-10-14(20(2)3)16-5-4-8-23-16/h4-9,14H,10-11H2,1-3H3,(H,19,21)/t14-/m0/s1. The molecule has 1 amide bonds. The van der Waals surface area contributed by atoms with Crippen LogP contribution in [0.1, 0.15) is 16.5 Å². The molecule has 1 atom stereocenters. The molecule has 0 saturated carbocycles. The highest BCUT2D eigenvalue weighted by Crippen LogP contribution is 2.23. The molecule has 1 aromatic carbocycles. The first-order chi connectivity index (χ1) is 11.0. The van der Waals surface area contributed by atoms with E-state index in [4.69, 9.17) is 16.3 Å². The molecule has 1 N–H and O–H groups in total. The third-order valence-corrected chi connectivity index (χ3v) is 4.69. The summed E-state index contributed by atoms with van der Waals surface area (Å²) < 4.78 is 5.56. The SMILES string of the molecule is Cc1cc(Cl)ccc1OCC(=O)NC[C@@H](c1cccs1)N(C)C. The lowest BCUT2D eigenvalue weighted by atomic mass is 10.2. The first-order valence-electron chi connectivity index (χ1n) is 7.33. The summed E-state index contributed by atoms with van der Waals surface area (Å²) in [7, 11) is 4.01. The highest BCUT2D eigenvalue weighted by molar-refractivity contribution is 7.10. The van der Waals surface area contributed by atoms with Crippen molar-refractivity contribution in [1.29, 1.82) is 0 Å². The second-order valence-corrected chi connectivity index (χ2v) is 6.91. The topological polar surface area (TPSA) is 41.6 Å². The van der Waals surface area contributed by atoms with Gasteiger partial charge in [-0.05, 0) is 56.2 Å². The molecule has 1 aromatic heterocycles. The molecule has 0 bridgehead atoms. The lowest BCUT2D eigenvalue weighted by Gasteiger charge is -2.23. The minimum atomic E-state index is -0.136. The Bertz CT molecular complexity index is 644. The van der Waals surface area contributed by atoms with Crippen molar-refractivity contribution >= 4 is 28.8 Å². The molecule has 0 aliphatic heterocycles. The minimum Gasteiger partial charge on any atom is -0.484 e. The van der Waals surface area contributed by atoms with E-state index in [2.05, 4.69) is 16.3 Å². The van der Waals surface area contributed by atoms with Crippen molar-refractivity contribution in [3.05, 3.63) is 51.2 Å². The number of hydrogen-bond donors (Lipinski definition) is 1. The van der Waals surface area contributed by atoms with Gasteiger partial charge in [0, 0.05) is 16.4 Å². The fourth-order valence-corrected chi connectivity index (χ4v) is 3.35. The third kappa shape index (κ3) is 5.23. The van der Waals surface area contributed by atoms with Gasteiger partial charge < -0.3 is 15.0 Å². The van der Waals surface area contributed by atoms with Crippen LogP contribution in [0.4, 0.5) is 0 Å². The second kappa shape index (κ2) is 8.34. The molecule has 2 rings (SSSR count). The Morgan fingerprint density at radius 2 is 2.17 bits per heavy atom. The van der Waals surface area contributed by atoms with Crippen molar-refractivity contribution in [3.63, 3.8) is 0 Å². The van der Waals surface area contributed by atoms with Gasteiger partial charge in [0.2, 0.25) is 0 Å². The summed E-state index contributed by atoms with van der Waals surface area (Å²) in [5, 5.41) is 5.63. The Morgan fingerprint density at radius 3 is 2.78 bits per heavy atom. The number of benzene rings is 1. The highest BCUT2D eigenvalue weighted by Gasteiger charge is 2.16. The lowest BCUT2D eigenvalue weighted by molar-refractivity contribution is -0.123. The smallest absolute Gasteiger partial charge is 0.258 e. The number of hydrogen-bond acceptors (Lipinski definition) is 4. The number of ether oxygens (including phenoxy) is 1. The molecule has 0 radical (unpaired) electrons. The minimum absolute atomic E-state index is 0.00688. The molecular weight excluding hydrogens is 332 g/mol. The fraction of sp³-hybridized carbons (Fsp3) is 0.353. The van der Waals surface area contributed by atoms with Gasteiger partial charge in [-0.1, -0.05) is 17.7 Å². The third-order valence-electron chi connectivity index (χ3n) is 3.48. The number of nitrogens with zero attached hydrogens (tertiary/aromatic N) is 1. The monoisotopic (exact) mass is 352 g/mol. The molecule has 0 aliphatic rings. The predicted octanol–water partition coefficient (Wildman–Crippen LogP) is 3.51. The van der Waals surface area contributed by atoms with Gasteiger partial charge in [-0.25, -0.2) is 0 Å². The second-order valence-electron chi connectivity index (χ2n) is 5.50. The summed E-state index contributed by atoms with van der Waals surface area (Å²) in [4.78, 5) is 15.3. The maximum atomic E-state index is 12.0. The van der Waals surface area contributed by atoms with Gasteiger partial charge >= 0.3 is 0 Å². The van der Waals surface area contributed by atoms with Crippen molar-refractivity contribution < 1.29 is 9.53 Å². The molecule has 124 valence electrons. The number of likely N-dealkylation sites (N-methyl/N-ethyl adjacent to an activating group) is 1. The van der Waals surface area contributed by atoms with Gasteiger partial charge in [0.15, 0.2) is 6.61 Å². The molecule has 0 unspecified atom stereocenters. The van der Waals surface area contributed by atoms with Crippen LogP contribution in [0.2, 0.25) is 5.02 Å². The van der Waals surface area contributed by atoms with E-state index in [0.29, 0.717) is 17.3 Å². The van der Waals surface area contributed by atoms with E-state index >= 15 is 0 Å². The van der Waals surface area contributed by atoms with Crippen molar-refractivity contribution in [2.24, 2.45) is 0 Å². The summed E-state index contributed by atoms with van der Waals surface area (Å²) in [5.74, 6) is 0.537. The molecule has 6 heteroatoms. The summed E-state index contributed by atoms with van der Waals surface area (Å²) in [6.07, 6.45) is 0. The molecule has 23 heavy (non-hydrogen) atoms. The van der Waals surface area contributed by atoms with Gasteiger partial charge in [0.25, 0.3) is 5.91 Å². The molecule has 0 aliphatic carbocycles. The average Bonchev–Trinajstić information content (AvgIpc) is 3.00. The summed E-state index contributed by atoms with van der Waals surface area (Å²) >= 11 is 7.59. The Labute approximate surface area is 146 Å². The highest BCUT2D eigenvalue weighted by atomic mass is 35.5. The number of amides is 1. The zero-order valence-corrected chi connectivity index (χ0v) is 15.1. The van der Waals surface area contributed by atoms with E-state index in [9.17, 15) is 4.79 Å². The number of aryl methyl sites for hydroxylation is 1. The van der Waals surface area contributed by atoms with Gasteiger partial charge in [-0.15, -0.1) is 11.3 Å². The molecular formula is C17H21ClN2O2S. The van der Waals surface area contributed by atoms with Crippen molar-refractivity contribution in [2.75, 3.05) is 27.2 Å². The molecule has 2 aromatic rings. The predicted molar refractivity (Wildman–Crippen MR) is 95.4 cm³/mol. The first-order valence-corrected chi connectivity index (χ1v) is 8.58. The Balaban J connectivity index is 1.84. The summed E-state index contributed by atoms with van der Waals surface area (Å²) in [6.45, 7) is 2.44. The zero-order chi connectivity index (χ0) is 16.8. The number of halogens is 1. The summed E-state index contributed by atoms with van der Waals surface area (Å²) in [5.41, 5.74) is 0.912. The van der Waals surface area contributed by atoms with Crippen molar-refractivity contribution in [3.8, 4) is 5.75 Å². The summed E-state index contributed by atoms with van der Waals surface area (Å²) in [6, 6.07) is 9.60. The largest absolute Gasteiger partial charge is 0.484 e. The van der Waals surface area contributed by atoms with Gasteiger partial charge in [-0.2, -0.15) is 0 Å².